The maximum Gasteiger partial charge on any atom is 0.472 e. The molecule has 0 amide bonds. The van der Waals surface area contributed by atoms with Gasteiger partial charge in [0, 0.05) is 19.4 Å². The van der Waals surface area contributed by atoms with E-state index < -0.39 is 32.5 Å². The van der Waals surface area contributed by atoms with Gasteiger partial charge in [0.15, 0.2) is 6.10 Å². The van der Waals surface area contributed by atoms with Crippen molar-refractivity contribution < 1.29 is 37.6 Å². The lowest BCUT2D eigenvalue weighted by atomic mass is 10.1. The number of carbonyl (C=O) groups is 2. The molecule has 428 valence electrons. The second kappa shape index (κ2) is 59.9. The number of hydrogen-bond acceptors (Lipinski definition) is 8. The molecule has 2 atom stereocenters. The van der Waals surface area contributed by atoms with Gasteiger partial charge in [-0.2, -0.15) is 0 Å². The predicted molar refractivity (Wildman–Crippen MR) is 325 cm³/mol. The van der Waals surface area contributed by atoms with Gasteiger partial charge in [-0.3, -0.25) is 18.6 Å². The normalized spacial score (nSPS) is 14.2. The molecule has 0 rings (SSSR count). The van der Waals surface area contributed by atoms with Gasteiger partial charge in [-0.1, -0.05) is 230 Å². The minimum atomic E-state index is -4.41. The maximum absolute atomic E-state index is 12.7. The molecule has 0 heterocycles. The lowest BCUT2D eigenvalue weighted by molar-refractivity contribution is -0.161. The topological polar surface area (TPSA) is 134 Å². The standard InChI is InChI=1S/C66H106NO8P/c1-3-5-7-9-11-13-15-17-19-21-22-23-24-25-26-27-28-29-30-31-32-33-34-35-36-37-38-39-40-41-42-43-45-47-49-51-53-55-57-59-66(69)75-64(63-74-76(70,71)73-61-60-67)62-72-65(68)58-56-54-52-50-48-46-44-20-18-16-14-12-10-8-6-4-2/h5,7,11,13,17,19-20,22-23,25-26,28-29,31-32,34-35,37-38,40-41,43-45,49,51,64H,3-4,6,8-10,12,14-16,18,21,24,27,30,33,36,39,42,46-48,50,52-63,67H2,1-2H3,(H,70,71)/b7-5-,13-11-,19-17-,23-22-,26-25-,29-28-,32-31-,35-34-,38-37-,41-40-,44-20-,45-43-,51-49-. The zero-order chi connectivity index (χ0) is 55.2. The first-order valence-corrected chi connectivity index (χ1v) is 31.0. The summed E-state index contributed by atoms with van der Waals surface area (Å²) in [6.45, 7) is 3.54. The number of esters is 2. The van der Waals surface area contributed by atoms with Gasteiger partial charge in [-0.15, -0.1) is 0 Å². The van der Waals surface area contributed by atoms with E-state index in [1.807, 2.05) is 0 Å². The van der Waals surface area contributed by atoms with Gasteiger partial charge in [0.05, 0.1) is 13.2 Å². The number of unbranched alkanes of at least 4 members (excludes halogenated alkanes) is 14. The second-order valence-corrected chi connectivity index (χ2v) is 20.2. The van der Waals surface area contributed by atoms with Crippen LogP contribution in [0.2, 0.25) is 0 Å². The molecule has 3 N–H and O–H groups in total. The summed E-state index contributed by atoms with van der Waals surface area (Å²) >= 11 is 0. The van der Waals surface area contributed by atoms with Crippen molar-refractivity contribution in [3.05, 3.63) is 158 Å². The Morgan fingerprint density at radius 2 is 0.724 bits per heavy atom. The number of rotatable bonds is 53. The molecule has 0 aliphatic heterocycles. The van der Waals surface area contributed by atoms with E-state index in [1.165, 1.54) is 51.4 Å². The third kappa shape index (κ3) is 58.9. The molecule has 0 aromatic heterocycles. The van der Waals surface area contributed by atoms with E-state index in [-0.39, 0.29) is 32.6 Å². The first kappa shape index (κ1) is 71.6. The molecule has 10 heteroatoms. The molecule has 0 aromatic carbocycles. The summed E-state index contributed by atoms with van der Waals surface area (Å²) in [5, 5.41) is 0. The summed E-state index contributed by atoms with van der Waals surface area (Å²) in [4.78, 5) is 35.1. The van der Waals surface area contributed by atoms with Crippen LogP contribution >= 0.6 is 7.82 Å². The zero-order valence-electron chi connectivity index (χ0n) is 47.7. The van der Waals surface area contributed by atoms with Crippen LogP contribution in [0.25, 0.3) is 0 Å². The van der Waals surface area contributed by atoms with E-state index in [0.29, 0.717) is 12.8 Å². The third-order valence-corrected chi connectivity index (χ3v) is 12.6. The molecule has 0 saturated carbocycles. The Labute approximate surface area is 464 Å². The minimum Gasteiger partial charge on any atom is -0.462 e. The van der Waals surface area contributed by atoms with Crippen LogP contribution in [0.15, 0.2) is 158 Å². The number of carbonyl (C=O) groups excluding carboxylic acids is 2. The summed E-state index contributed by atoms with van der Waals surface area (Å²) in [7, 11) is -4.41. The molecule has 2 unspecified atom stereocenters. The van der Waals surface area contributed by atoms with E-state index in [9.17, 15) is 19.0 Å². The molecular weight excluding hydrogens is 966 g/mol. The van der Waals surface area contributed by atoms with Gasteiger partial charge < -0.3 is 20.1 Å². The molecule has 0 aliphatic rings. The van der Waals surface area contributed by atoms with Gasteiger partial charge >= 0.3 is 19.8 Å². The summed E-state index contributed by atoms with van der Waals surface area (Å²) in [5.74, 6) is -0.900. The van der Waals surface area contributed by atoms with Crippen molar-refractivity contribution in [2.45, 2.75) is 219 Å². The Balaban J connectivity index is 4.12. The largest absolute Gasteiger partial charge is 0.472 e. The average Bonchev–Trinajstić information content (AvgIpc) is 3.41. The van der Waals surface area contributed by atoms with Crippen LogP contribution in [0.5, 0.6) is 0 Å². The molecule has 0 aliphatic carbocycles. The number of nitrogens with two attached hydrogens (primary N) is 1. The van der Waals surface area contributed by atoms with Crippen LogP contribution in [0.1, 0.15) is 213 Å². The first-order valence-electron chi connectivity index (χ1n) is 29.5. The van der Waals surface area contributed by atoms with Crippen LogP contribution in [0, 0.1) is 0 Å². The molecule has 9 nitrogen and oxygen atoms in total. The van der Waals surface area contributed by atoms with E-state index in [0.717, 1.165) is 122 Å². The summed E-state index contributed by atoms with van der Waals surface area (Å²) in [6.07, 6.45) is 87.4. The zero-order valence-corrected chi connectivity index (χ0v) is 48.6. The minimum absolute atomic E-state index is 0.0369. The second-order valence-electron chi connectivity index (χ2n) is 18.8. The quantitative estimate of drug-likeness (QED) is 0.0264. The average molecular weight is 1070 g/mol. The molecule has 0 saturated heterocycles. The number of hydrogen-bond donors (Lipinski definition) is 2. The van der Waals surface area contributed by atoms with Gasteiger partial charge in [0.25, 0.3) is 0 Å². The Hall–Kier alpha value is -4.37. The molecule has 0 bridgehead atoms. The van der Waals surface area contributed by atoms with Crippen LogP contribution in [0.4, 0.5) is 0 Å². The smallest absolute Gasteiger partial charge is 0.462 e. The van der Waals surface area contributed by atoms with Crippen molar-refractivity contribution in [1.82, 2.24) is 0 Å². The highest BCUT2D eigenvalue weighted by molar-refractivity contribution is 7.47. The van der Waals surface area contributed by atoms with Crippen molar-refractivity contribution in [3.63, 3.8) is 0 Å². The number of ether oxygens (including phenoxy) is 2. The number of allylic oxidation sites excluding steroid dienone is 26. The van der Waals surface area contributed by atoms with E-state index >= 15 is 0 Å². The van der Waals surface area contributed by atoms with E-state index in [2.05, 4.69) is 172 Å². The Kier molecular flexibility index (Phi) is 56.4. The Morgan fingerprint density at radius 3 is 1.12 bits per heavy atom. The predicted octanol–water partition coefficient (Wildman–Crippen LogP) is 18.9. The Bertz CT molecular complexity index is 1790. The SMILES string of the molecule is CC/C=C\C/C=C\C/C=C\C/C=C\C/C=C\C/C=C\C/C=C\C/C=C\C/C=C\C/C=C\C/C=C\C/C=C\CCCCC(=O)OC(COC(=O)CCCCCCC/C=C\CCCCCCCCC)COP(=O)(O)OCCN. The summed E-state index contributed by atoms with van der Waals surface area (Å²) in [5.41, 5.74) is 5.37. The molecule has 0 fully saturated rings. The fourth-order valence-corrected chi connectivity index (χ4v) is 8.08. The molecule has 0 spiro atoms. The highest BCUT2D eigenvalue weighted by atomic mass is 31.2. The Morgan fingerprint density at radius 1 is 0.408 bits per heavy atom. The fourth-order valence-electron chi connectivity index (χ4n) is 7.32. The van der Waals surface area contributed by atoms with E-state index in [1.54, 1.807) is 0 Å². The molecular formula is C66H106NO8P. The fraction of sp³-hybridized carbons (Fsp3) is 0.576. The van der Waals surface area contributed by atoms with Crippen molar-refractivity contribution >= 4 is 19.8 Å². The van der Waals surface area contributed by atoms with Gasteiger partial charge in [-0.25, -0.2) is 4.57 Å². The number of phosphoric acid groups is 1. The van der Waals surface area contributed by atoms with Crippen LogP contribution < -0.4 is 5.73 Å². The monoisotopic (exact) mass is 1070 g/mol. The maximum atomic E-state index is 12.7. The summed E-state index contributed by atoms with van der Waals surface area (Å²) in [6, 6.07) is 0. The highest BCUT2D eigenvalue weighted by Gasteiger charge is 2.26. The third-order valence-electron chi connectivity index (χ3n) is 11.6. The van der Waals surface area contributed by atoms with E-state index in [4.69, 9.17) is 24.3 Å². The summed E-state index contributed by atoms with van der Waals surface area (Å²) < 4.78 is 32.9. The van der Waals surface area contributed by atoms with Gasteiger partial charge in [0.2, 0.25) is 0 Å². The van der Waals surface area contributed by atoms with Crippen LogP contribution in [-0.4, -0.2) is 49.3 Å². The molecule has 76 heavy (non-hydrogen) atoms. The van der Waals surface area contributed by atoms with Crippen LogP contribution in [0.3, 0.4) is 0 Å². The van der Waals surface area contributed by atoms with Crippen molar-refractivity contribution in [2.75, 3.05) is 26.4 Å². The first-order chi connectivity index (χ1) is 37.3. The number of phosphoric ester groups is 1. The van der Waals surface area contributed by atoms with Crippen LogP contribution in [-0.2, 0) is 32.7 Å². The van der Waals surface area contributed by atoms with Crippen molar-refractivity contribution in [2.24, 2.45) is 5.73 Å². The van der Waals surface area contributed by atoms with Gasteiger partial charge in [-0.05, 0) is 128 Å². The van der Waals surface area contributed by atoms with Gasteiger partial charge in [0.1, 0.15) is 6.61 Å². The van der Waals surface area contributed by atoms with Crippen molar-refractivity contribution in [1.29, 1.82) is 0 Å². The highest BCUT2D eigenvalue weighted by Crippen LogP contribution is 2.43. The molecule has 0 aromatic rings. The lowest BCUT2D eigenvalue weighted by Gasteiger charge is -2.19. The van der Waals surface area contributed by atoms with Crippen molar-refractivity contribution in [3.8, 4) is 0 Å². The lowest BCUT2D eigenvalue weighted by Crippen LogP contribution is -2.29. The molecule has 0 radical (unpaired) electrons.